The molecule has 3 aromatic carbocycles. The lowest BCUT2D eigenvalue weighted by molar-refractivity contribution is -0.117. The molecule has 0 aliphatic rings. The predicted molar refractivity (Wildman–Crippen MR) is 163 cm³/mol. The number of carbonyl (C=O) groups is 1. The summed E-state index contributed by atoms with van der Waals surface area (Å²) in [6.45, 7) is 12.0. The first-order valence-corrected chi connectivity index (χ1v) is 15.7. The molecule has 0 heterocycles. The van der Waals surface area contributed by atoms with Crippen molar-refractivity contribution in [2.45, 2.75) is 58.8 Å². The summed E-state index contributed by atoms with van der Waals surface area (Å²) in [5.74, 6) is 0.681. The minimum absolute atomic E-state index is 0.0491. The van der Waals surface area contributed by atoms with Gasteiger partial charge in [0, 0.05) is 18.4 Å². The Bertz CT molecular complexity index is 1110. The Hall–Kier alpha value is -2.99. The van der Waals surface area contributed by atoms with Gasteiger partial charge in [0.1, 0.15) is 12.0 Å². The molecule has 0 unspecified atom stereocenters. The van der Waals surface area contributed by atoms with Crippen LogP contribution in [-0.2, 0) is 20.6 Å². The highest BCUT2D eigenvalue weighted by molar-refractivity contribution is 6.99. The second-order valence-corrected chi connectivity index (χ2v) is 15.5. The van der Waals surface area contributed by atoms with Crippen LogP contribution in [0.3, 0.4) is 0 Å². The van der Waals surface area contributed by atoms with Crippen LogP contribution >= 0.6 is 0 Å². The van der Waals surface area contributed by atoms with Crippen LogP contribution in [0.2, 0.25) is 5.04 Å². The van der Waals surface area contributed by atoms with E-state index in [2.05, 4.69) is 101 Å². The molecule has 0 spiro atoms. The van der Waals surface area contributed by atoms with Crippen molar-refractivity contribution in [1.29, 1.82) is 0 Å². The van der Waals surface area contributed by atoms with Crippen LogP contribution in [0.1, 0.15) is 46.6 Å². The monoisotopic (exact) mass is 544 g/mol. The van der Waals surface area contributed by atoms with E-state index in [1.165, 1.54) is 10.4 Å². The largest absolute Gasteiger partial charge is 0.497 e. The summed E-state index contributed by atoms with van der Waals surface area (Å²) in [5, 5.41) is 2.52. The summed E-state index contributed by atoms with van der Waals surface area (Å²) in [6.07, 6.45) is 5.89. The first kappa shape index (κ1) is 30.5. The molecule has 0 saturated heterocycles. The fraction of sp³-hybridized carbons (Fsp3) is 0.382. The molecule has 5 heteroatoms. The average molecular weight is 545 g/mol. The SMILES string of the molecule is COc1ccc(CO[C@H]([C@H](C)C=O)[C@@H](C)/C=C/CCO[Si](c2ccccc2)(c2ccccc2)C(C)(C)C)cc1. The molecule has 39 heavy (non-hydrogen) atoms. The topological polar surface area (TPSA) is 44.8 Å². The van der Waals surface area contributed by atoms with Gasteiger partial charge in [-0.1, -0.05) is 120 Å². The van der Waals surface area contributed by atoms with Gasteiger partial charge in [0.2, 0.25) is 0 Å². The van der Waals surface area contributed by atoms with E-state index in [1.807, 2.05) is 31.2 Å². The van der Waals surface area contributed by atoms with Gasteiger partial charge in [0.15, 0.2) is 0 Å². The molecule has 0 N–H and O–H groups in total. The van der Waals surface area contributed by atoms with E-state index >= 15 is 0 Å². The van der Waals surface area contributed by atoms with Crippen molar-refractivity contribution in [2.24, 2.45) is 11.8 Å². The third-order valence-electron chi connectivity index (χ3n) is 7.31. The third kappa shape index (κ3) is 7.78. The lowest BCUT2D eigenvalue weighted by atomic mass is 9.93. The summed E-state index contributed by atoms with van der Waals surface area (Å²) >= 11 is 0. The van der Waals surface area contributed by atoms with Gasteiger partial charge < -0.3 is 18.7 Å². The van der Waals surface area contributed by atoms with Gasteiger partial charge in [0.05, 0.1) is 19.8 Å². The van der Waals surface area contributed by atoms with Crippen molar-refractivity contribution in [3.63, 3.8) is 0 Å². The Balaban J connectivity index is 1.70. The molecule has 0 fully saturated rings. The Kier molecular flexibility index (Phi) is 11.3. The van der Waals surface area contributed by atoms with E-state index in [4.69, 9.17) is 13.9 Å². The minimum atomic E-state index is -2.54. The molecule has 4 nitrogen and oxygen atoms in total. The number of aldehydes is 1. The maximum absolute atomic E-state index is 11.7. The summed E-state index contributed by atoms with van der Waals surface area (Å²) in [5.41, 5.74) is 1.05. The molecule has 0 amide bonds. The quantitative estimate of drug-likeness (QED) is 0.0996. The molecule has 3 rings (SSSR count). The van der Waals surface area contributed by atoms with Crippen molar-refractivity contribution >= 4 is 25.0 Å². The van der Waals surface area contributed by atoms with E-state index in [0.717, 1.165) is 24.0 Å². The fourth-order valence-electron chi connectivity index (χ4n) is 5.24. The Morgan fingerprint density at radius 1 is 0.821 bits per heavy atom. The Labute approximate surface area is 236 Å². The lowest BCUT2D eigenvalue weighted by Gasteiger charge is -2.43. The highest BCUT2D eigenvalue weighted by Crippen LogP contribution is 2.36. The van der Waals surface area contributed by atoms with Crippen LogP contribution in [0.5, 0.6) is 5.75 Å². The van der Waals surface area contributed by atoms with Gasteiger partial charge in [0.25, 0.3) is 8.32 Å². The Morgan fingerprint density at radius 2 is 1.38 bits per heavy atom. The summed E-state index contributed by atoms with van der Waals surface area (Å²) in [7, 11) is -0.889. The molecular weight excluding hydrogens is 500 g/mol. The maximum atomic E-state index is 11.7. The Morgan fingerprint density at radius 3 is 1.87 bits per heavy atom. The summed E-state index contributed by atoms with van der Waals surface area (Å²) in [6, 6.07) is 29.2. The number of rotatable bonds is 14. The first-order chi connectivity index (χ1) is 18.7. The van der Waals surface area contributed by atoms with Crippen LogP contribution in [0.4, 0.5) is 0 Å². The van der Waals surface area contributed by atoms with Crippen molar-refractivity contribution in [3.8, 4) is 5.75 Å². The number of methoxy groups -OCH3 is 1. The van der Waals surface area contributed by atoms with Gasteiger partial charge in [-0.05, 0) is 39.5 Å². The number of hydrogen-bond donors (Lipinski definition) is 0. The van der Waals surface area contributed by atoms with E-state index in [-0.39, 0.29) is 23.0 Å². The minimum Gasteiger partial charge on any atom is -0.497 e. The van der Waals surface area contributed by atoms with Gasteiger partial charge in [-0.15, -0.1) is 0 Å². The standard InChI is InChI=1S/C34H44O4Si/c1-27(33(28(2)25-35)37-26-29-20-22-30(36-6)23-21-29)15-13-14-24-38-39(34(3,4)5,31-16-9-7-10-17-31)32-18-11-8-12-19-32/h7-13,15-23,25,27-28,33H,14,24,26H2,1-6H3/b15-13+/t27-,28+,33-/m0/s1. The van der Waals surface area contributed by atoms with Crippen molar-refractivity contribution < 1.29 is 18.7 Å². The zero-order valence-electron chi connectivity index (χ0n) is 24.3. The van der Waals surface area contributed by atoms with Gasteiger partial charge in [-0.2, -0.15) is 0 Å². The zero-order chi connectivity index (χ0) is 28.3. The molecule has 0 aliphatic heterocycles. The predicted octanol–water partition coefficient (Wildman–Crippen LogP) is 6.57. The van der Waals surface area contributed by atoms with Crippen molar-refractivity contribution in [2.75, 3.05) is 13.7 Å². The van der Waals surface area contributed by atoms with Crippen LogP contribution < -0.4 is 15.1 Å². The van der Waals surface area contributed by atoms with Crippen LogP contribution in [0.15, 0.2) is 97.1 Å². The van der Waals surface area contributed by atoms with Gasteiger partial charge in [-0.25, -0.2) is 0 Å². The summed E-state index contributed by atoms with van der Waals surface area (Å²) < 4.78 is 18.5. The van der Waals surface area contributed by atoms with Crippen LogP contribution in [-0.4, -0.2) is 34.4 Å². The van der Waals surface area contributed by atoms with E-state index in [9.17, 15) is 4.79 Å². The molecule has 3 aromatic rings. The lowest BCUT2D eigenvalue weighted by Crippen LogP contribution is -2.66. The fourth-order valence-corrected chi connectivity index (χ4v) is 9.82. The van der Waals surface area contributed by atoms with E-state index in [1.54, 1.807) is 7.11 Å². The summed E-state index contributed by atoms with van der Waals surface area (Å²) in [4.78, 5) is 11.7. The van der Waals surface area contributed by atoms with Crippen LogP contribution in [0, 0.1) is 11.8 Å². The molecule has 0 aliphatic carbocycles. The number of carbonyl (C=O) groups excluding carboxylic acids is 1. The van der Waals surface area contributed by atoms with Gasteiger partial charge >= 0.3 is 0 Å². The van der Waals surface area contributed by atoms with Crippen molar-refractivity contribution in [3.05, 3.63) is 103 Å². The molecule has 0 saturated carbocycles. The third-order valence-corrected chi connectivity index (χ3v) is 12.4. The smallest absolute Gasteiger partial charge is 0.261 e. The second-order valence-electron chi connectivity index (χ2n) is 11.2. The highest BCUT2D eigenvalue weighted by Gasteiger charge is 2.49. The molecule has 0 bridgehead atoms. The average Bonchev–Trinajstić information content (AvgIpc) is 2.95. The first-order valence-electron chi connectivity index (χ1n) is 13.8. The normalized spacial score (nSPS) is 14.6. The maximum Gasteiger partial charge on any atom is 0.261 e. The zero-order valence-corrected chi connectivity index (χ0v) is 25.3. The number of ether oxygens (including phenoxy) is 2. The second kappa shape index (κ2) is 14.4. The highest BCUT2D eigenvalue weighted by atomic mass is 28.4. The molecular formula is C34H44O4Si. The number of benzene rings is 3. The number of hydrogen-bond acceptors (Lipinski definition) is 4. The van der Waals surface area contributed by atoms with E-state index < -0.39 is 8.32 Å². The molecule has 0 aromatic heterocycles. The van der Waals surface area contributed by atoms with E-state index in [0.29, 0.717) is 13.2 Å². The van der Waals surface area contributed by atoms with Crippen molar-refractivity contribution in [1.82, 2.24) is 0 Å². The molecule has 0 radical (unpaired) electrons. The van der Waals surface area contributed by atoms with Crippen LogP contribution in [0.25, 0.3) is 0 Å². The molecule has 3 atom stereocenters. The van der Waals surface area contributed by atoms with Gasteiger partial charge in [-0.3, -0.25) is 0 Å². The molecule has 208 valence electrons.